The lowest BCUT2D eigenvalue weighted by molar-refractivity contribution is -0.129. The van der Waals surface area contributed by atoms with Crippen molar-refractivity contribution in [3.63, 3.8) is 0 Å². The second kappa shape index (κ2) is 6.94. The molecule has 0 heterocycles. The number of nitrogens with one attached hydrogen (secondary N) is 1. The Bertz CT molecular complexity index is 539. The van der Waals surface area contributed by atoms with E-state index in [1.807, 2.05) is 26.0 Å². The molecule has 1 rings (SSSR count). The third-order valence-corrected chi connectivity index (χ3v) is 4.20. The van der Waals surface area contributed by atoms with Gasteiger partial charge in [0.2, 0.25) is 5.91 Å². The van der Waals surface area contributed by atoms with Crippen molar-refractivity contribution < 1.29 is 9.90 Å². The average molecular weight is 319 g/mol. The number of phenolic OH excluding ortho intramolecular Hbond substituents is 1. The Kier molecular flexibility index (Phi) is 5.89. The summed E-state index contributed by atoms with van der Waals surface area (Å²) in [5, 5.41) is 12.9. The van der Waals surface area contributed by atoms with Gasteiger partial charge in [-0.2, -0.15) is 0 Å². The molecule has 1 unspecified atom stereocenters. The molecule has 1 aromatic rings. The first kappa shape index (κ1) is 19.5. The summed E-state index contributed by atoms with van der Waals surface area (Å²) < 4.78 is 0. The maximum Gasteiger partial charge on any atom is 0.223 e. The number of hydrogen-bond acceptors (Lipinski definition) is 2. The molecule has 0 aliphatic rings. The van der Waals surface area contributed by atoms with Crippen molar-refractivity contribution in [1.82, 2.24) is 5.32 Å². The van der Waals surface area contributed by atoms with E-state index in [2.05, 4.69) is 46.9 Å². The zero-order valence-corrected chi connectivity index (χ0v) is 16.0. The second-order valence-electron chi connectivity index (χ2n) is 8.98. The molecule has 2 N–H and O–H groups in total. The van der Waals surface area contributed by atoms with Gasteiger partial charge in [0.15, 0.2) is 0 Å². The molecule has 0 spiro atoms. The highest BCUT2D eigenvalue weighted by molar-refractivity contribution is 5.79. The third-order valence-electron chi connectivity index (χ3n) is 4.20. The van der Waals surface area contributed by atoms with E-state index in [1.54, 1.807) is 0 Å². The van der Waals surface area contributed by atoms with Crippen molar-refractivity contribution in [2.24, 2.45) is 16.7 Å². The lowest BCUT2D eigenvalue weighted by Crippen LogP contribution is -2.39. The average Bonchev–Trinajstić information content (AvgIpc) is 2.37. The van der Waals surface area contributed by atoms with Crippen LogP contribution >= 0.6 is 0 Å². The van der Waals surface area contributed by atoms with Crippen LogP contribution in [0.1, 0.15) is 64.7 Å². The number of rotatable bonds is 4. The molecule has 0 radical (unpaired) electrons. The summed E-state index contributed by atoms with van der Waals surface area (Å²) in [5.41, 5.74) is 2.75. The first-order valence-electron chi connectivity index (χ1n) is 8.38. The van der Waals surface area contributed by atoms with Crippen LogP contribution in [0, 0.1) is 30.6 Å². The lowest BCUT2D eigenvalue weighted by Gasteiger charge is -2.34. The van der Waals surface area contributed by atoms with Crippen molar-refractivity contribution in [3.8, 4) is 5.75 Å². The van der Waals surface area contributed by atoms with Gasteiger partial charge in [0.1, 0.15) is 5.75 Å². The van der Waals surface area contributed by atoms with Crippen LogP contribution in [0.5, 0.6) is 5.75 Å². The number of phenols is 1. The van der Waals surface area contributed by atoms with Gasteiger partial charge in [0.05, 0.1) is 0 Å². The Morgan fingerprint density at radius 2 is 1.57 bits per heavy atom. The standard InChI is InChI=1S/C20H33NO2/c1-13-9-15(10-14(2)17(13)22)12-21-18(23)16(20(6,7)8)11-19(3,4)5/h9-10,16,22H,11-12H2,1-8H3,(H,21,23). The molecule has 0 aliphatic carbocycles. The SMILES string of the molecule is Cc1cc(CNC(=O)C(CC(C)(C)C)C(C)(C)C)cc(C)c1O. The predicted octanol–water partition coefficient (Wildman–Crippen LogP) is 4.72. The molecule has 0 saturated heterocycles. The molecule has 3 nitrogen and oxygen atoms in total. The zero-order chi connectivity index (χ0) is 18.0. The summed E-state index contributed by atoms with van der Waals surface area (Å²) in [6, 6.07) is 3.86. The fourth-order valence-electron chi connectivity index (χ4n) is 2.86. The van der Waals surface area contributed by atoms with E-state index in [1.165, 1.54) is 0 Å². The minimum atomic E-state index is -0.0713. The number of amides is 1. The quantitative estimate of drug-likeness (QED) is 0.843. The summed E-state index contributed by atoms with van der Waals surface area (Å²) in [6.45, 7) is 17.1. The molecule has 1 amide bonds. The van der Waals surface area contributed by atoms with Crippen molar-refractivity contribution in [1.29, 1.82) is 0 Å². The minimum absolute atomic E-state index is 0.0261. The first-order valence-corrected chi connectivity index (χ1v) is 8.38. The first-order chi connectivity index (χ1) is 10.3. The molecule has 0 saturated carbocycles. The molecule has 23 heavy (non-hydrogen) atoms. The zero-order valence-electron chi connectivity index (χ0n) is 16.0. The summed E-state index contributed by atoms with van der Waals surface area (Å²) >= 11 is 0. The van der Waals surface area contributed by atoms with E-state index in [-0.39, 0.29) is 22.7 Å². The van der Waals surface area contributed by atoms with Crippen LogP contribution in [0.15, 0.2) is 12.1 Å². The van der Waals surface area contributed by atoms with Gasteiger partial charge >= 0.3 is 0 Å². The lowest BCUT2D eigenvalue weighted by atomic mass is 9.71. The number of benzene rings is 1. The third kappa shape index (κ3) is 5.89. The van der Waals surface area contributed by atoms with E-state index < -0.39 is 0 Å². The van der Waals surface area contributed by atoms with Crippen molar-refractivity contribution in [2.75, 3.05) is 0 Å². The minimum Gasteiger partial charge on any atom is -0.507 e. The molecule has 130 valence electrons. The van der Waals surface area contributed by atoms with E-state index in [0.717, 1.165) is 23.1 Å². The van der Waals surface area contributed by atoms with Crippen molar-refractivity contribution in [3.05, 3.63) is 28.8 Å². The summed E-state index contributed by atoms with van der Waals surface area (Å²) in [7, 11) is 0. The topological polar surface area (TPSA) is 49.3 Å². The molecule has 1 atom stereocenters. The number of carbonyl (C=O) groups excluding carboxylic acids is 1. The van der Waals surface area contributed by atoms with Crippen molar-refractivity contribution >= 4 is 5.91 Å². The number of hydrogen-bond donors (Lipinski definition) is 2. The molecule has 0 aromatic heterocycles. The number of aryl methyl sites for hydroxylation is 2. The van der Waals surface area contributed by atoms with Gasteiger partial charge in [0, 0.05) is 12.5 Å². The van der Waals surface area contributed by atoms with Crippen LogP contribution < -0.4 is 5.32 Å². The van der Waals surface area contributed by atoms with Gasteiger partial charge in [-0.05, 0) is 47.8 Å². The Morgan fingerprint density at radius 3 is 1.96 bits per heavy atom. The highest BCUT2D eigenvalue weighted by Gasteiger charge is 2.34. The van der Waals surface area contributed by atoms with Crippen LogP contribution in [-0.2, 0) is 11.3 Å². The van der Waals surface area contributed by atoms with Gasteiger partial charge in [-0.25, -0.2) is 0 Å². The van der Waals surface area contributed by atoms with Gasteiger partial charge in [-0.1, -0.05) is 53.7 Å². The van der Waals surface area contributed by atoms with Crippen LogP contribution in [0.25, 0.3) is 0 Å². The highest BCUT2D eigenvalue weighted by atomic mass is 16.3. The molecule has 0 bridgehead atoms. The van der Waals surface area contributed by atoms with Gasteiger partial charge in [-0.15, -0.1) is 0 Å². The Labute approximate surface area is 141 Å². The smallest absolute Gasteiger partial charge is 0.223 e. The Hall–Kier alpha value is -1.51. The summed E-state index contributed by atoms with van der Waals surface area (Å²) in [6.07, 6.45) is 0.857. The highest BCUT2D eigenvalue weighted by Crippen LogP contribution is 2.36. The van der Waals surface area contributed by atoms with Crippen LogP contribution in [0.4, 0.5) is 0 Å². The van der Waals surface area contributed by atoms with Crippen LogP contribution in [0.2, 0.25) is 0 Å². The molecule has 0 fully saturated rings. The molecular weight excluding hydrogens is 286 g/mol. The van der Waals surface area contributed by atoms with Gasteiger partial charge < -0.3 is 10.4 Å². The normalized spacial score (nSPS) is 13.7. The molecule has 1 aromatic carbocycles. The van der Waals surface area contributed by atoms with E-state index >= 15 is 0 Å². The molecular formula is C20H33NO2. The van der Waals surface area contributed by atoms with Crippen LogP contribution in [-0.4, -0.2) is 11.0 Å². The maximum atomic E-state index is 12.7. The summed E-state index contributed by atoms with van der Waals surface area (Å²) in [4.78, 5) is 12.7. The van der Waals surface area contributed by atoms with Gasteiger partial charge in [0.25, 0.3) is 0 Å². The monoisotopic (exact) mass is 319 g/mol. The Balaban J connectivity index is 2.84. The summed E-state index contributed by atoms with van der Waals surface area (Å²) in [5.74, 6) is 0.415. The van der Waals surface area contributed by atoms with Gasteiger partial charge in [-0.3, -0.25) is 4.79 Å². The molecule has 3 heteroatoms. The largest absolute Gasteiger partial charge is 0.507 e. The van der Waals surface area contributed by atoms with E-state index in [4.69, 9.17) is 0 Å². The fraction of sp³-hybridized carbons (Fsp3) is 0.650. The van der Waals surface area contributed by atoms with E-state index in [0.29, 0.717) is 12.3 Å². The maximum absolute atomic E-state index is 12.7. The predicted molar refractivity (Wildman–Crippen MR) is 96.4 cm³/mol. The number of carbonyl (C=O) groups is 1. The van der Waals surface area contributed by atoms with E-state index in [9.17, 15) is 9.90 Å². The second-order valence-corrected chi connectivity index (χ2v) is 8.98. The molecule has 0 aliphatic heterocycles. The number of aromatic hydroxyl groups is 1. The fourth-order valence-corrected chi connectivity index (χ4v) is 2.86. The van der Waals surface area contributed by atoms with Crippen LogP contribution in [0.3, 0.4) is 0 Å². The van der Waals surface area contributed by atoms with Crippen molar-refractivity contribution in [2.45, 2.75) is 68.4 Å². The Morgan fingerprint density at radius 1 is 1.09 bits per heavy atom.